The molecule has 0 aromatic rings. The maximum atomic E-state index is 10.3. The average Bonchev–Trinajstić information content (AvgIpc) is 2.02. The molecule has 76 valence electrons. The fourth-order valence-corrected chi connectivity index (χ4v) is 0.482. The Bertz CT molecular complexity index is 182. The maximum Gasteiger partial charge on any atom is 0.320 e. The van der Waals surface area contributed by atoms with Crippen molar-refractivity contribution in [3.63, 3.8) is 0 Å². The van der Waals surface area contributed by atoms with E-state index < -0.39 is 12.0 Å². The number of nitrogens with two attached hydrogens (primary N) is 1. The molecule has 0 rings (SSSR count). The molecule has 0 aromatic heterocycles. The van der Waals surface area contributed by atoms with Crippen LogP contribution in [0.4, 0.5) is 0 Å². The van der Waals surface area contributed by atoms with Crippen molar-refractivity contribution in [3.05, 3.63) is 0 Å². The summed E-state index contributed by atoms with van der Waals surface area (Å²) < 4.78 is 0. The lowest BCUT2D eigenvalue weighted by Crippen LogP contribution is -2.31. The van der Waals surface area contributed by atoms with E-state index in [4.69, 9.17) is 10.8 Å². The van der Waals surface area contributed by atoms with Crippen LogP contribution in [-0.4, -0.2) is 36.1 Å². The molecule has 0 bridgehead atoms. The highest BCUT2D eigenvalue weighted by Gasteiger charge is 2.10. The van der Waals surface area contributed by atoms with Gasteiger partial charge in [0, 0.05) is 0 Å². The predicted molar refractivity (Wildman–Crippen MR) is 42.8 cm³/mol. The summed E-state index contributed by atoms with van der Waals surface area (Å²) in [5.74, 6) is -1.25. The lowest BCUT2D eigenvalue weighted by Gasteiger charge is -2.05. The molecular weight excluding hydrogens is 178 g/mol. The van der Waals surface area contributed by atoms with E-state index in [2.05, 4.69) is 9.78 Å². The van der Waals surface area contributed by atoms with Gasteiger partial charge in [-0.05, 0) is 13.3 Å². The first-order valence-corrected chi connectivity index (χ1v) is 3.76. The number of aliphatic carboxylic acids is 1. The van der Waals surface area contributed by atoms with Gasteiger partial charge in [0.05, 0.1) is 6.61 Å². The standard InChI is InChI=1S/C7H13NO5/c1-5(9)4-13-12-3-2-6(8)7(10)11/h6H,2-4,8H2,1H3,(H,10,11)/t6-/m0/s1. The van der Waals surface area contributed by atoms with Gasteiger partial charge in [0.15, 0.2) is 5.78 Å². The molecule has 13 heavy (non-hydrogen) atoms. The van der Waals surface area contributed by atoms with Crippen molar-refractivity contribution >= 4 is 11.8 Å². The summed E-state index contributed by atoms with van der Waals surface area (Å²) in [6, 6.07) is -0.957. The summed E-state index contributed by atoms with van der Waals surface area (Å²) in [4.78, 5) is 29.4. The first-order valence-electron chi connectivity index (χ1n) is 3.76. The molecule has 0 spiro atoms. The zero-order chi connectivity index (χ0) is 10.3. The van der Waals surface area contributed by atoms with Crippen molar-refractivity contribution in [2.75, 3.05) is 13.2 Å². The minimum absolute atomic E-state index is 0.0563. The van der Waals surface area contributed by atoms with Gasteiger partial charge in [0.2, 0.25) is 0 Å². The van der Waals surface area contributed by atoms with Gasteiger partial charge < -0.3 is 10.8 Å². The number of carbonyl (C=O) groups excluding carboxylic acids is 1. The van der Waals surface area contributed by atoms with Crippen LogP contribution in [0.15, 0.2) is 0 Å². The lowest BCUT2D eigenvalue weighted by atomic mass is 10.2. The fourth-order valence-electron chi connectivity index (χ4n) is 0.482. The molecule has 0 aliphatic rings. The van der Waals surface area contributed by atoms with Crippen LogP contribution >= 0.6 is 0 Å². The highest BCUT2D eigenvalue weighted by atomic mass is 17.2. The monoisotopic (exact) mass is 191 g/mol. The number of rotatable bonds is 7. The molecule has 0 radical (unpaired) electrons. The Labute approximate surface area is 75.5 Å². The van der Waals surface area contributed by atoms with E-state index in [0.29, 0.717) is 0 Å². The van der Waals surface area contributed by atoms with Crippen LogP contribution in [0.5, 0.6) is 0 Å². The van der Waals surface area contributed by atoms with Gasteiger partial charge in [0.25, 0.3) is 0 Å². The van der Waals surface area contributed by atoms with E-state index >= 15 is 0 Å². The van der Waals surface area contributed by atoms with E-state index in [1.807, 2.05) is 0 Å². The van der Waals surface area contributed by atoms with Crippen molar-refractivity contribution in [2.24, 2.45) is 5.73 Å². The molecule has 0 aromatic carbocycles. The Hall–Kier alpha value is -0.980. The first-order chi connectivity index (χ1) is 6.04. The number of carboxylic acids is 1. The summed E-state index contributed by atoms with van der Waals surface area (Å²) in [5.41, 5.74) is 5.16. The Kier molecular flexibility index (Phi) is 6.03. The molecule has 0 heterocycles. The molecular formula is C7H13NO5. The summed E-state index contributed by atoms with van der Waals surface area (Å²) in [7, 11) is 0. The van der Waals surface area contributed by atoms with Gasteiger partial charge in [-0.25, -0.2) is 9.78 Å². The quantitative estimate of drug-likeness (QED) is 0.314. The predicted octanol–water partition coefficient (Wildman–Crippen LogP) is -0.674. The normalized spacial score (nSPS) is 12.5. The van der Waals surface area contributed by atoms with Crippen LogP contribution in [0.1, 0.15) is 13.3 Å². The number of carbonyl (C=O) groups is 2. The molecule has 3 N–H and O–H groups in total. The van der Waals surface area contributed by atoms with E-state index in [9.17, 15) is 9.59 Å². The Morgan fingerprint density at radius 2 is 2.08 bits per heavy atom. The van der Waals surface area contributed by atoms with Crippen LogP contribution < -0.4 is 5.73 Å². The summed E-state index contributed by atoms with van der Waals surface area (Å²) in [6.07, 6.45) is 0.146. The largest absolute Gasteiger partial charge is 0.480 e. The van der Waals surface area contributed by atoms with Crippen LogP contribution in [0.2, 0.25) is 0 Å². The van der Waals surface area contributed by atoms with Crippen molar-refractivity contribution in [2.45, 2.75) is 19.4 Å². The number of hydrogen-bond acceptors (Lipinski definition) is 5. The maximum absolute atomic E-state index is 10.3. The van der Waals surface area contributed by atoms with E-state index in [1.54, 1.807) is 0 Å². The third-order valence-electron chi connectivity index (χ3n) is 1.17. The third kappa shape index (κ3) is 7.38. The number of carboxylic acid groups (broad SMARTS) is 1. The third-order valence-corrected chi connectivity index (χ3v) is 1.17. The summed E-state index contributed by atoms with van der Waals surface area (Å²) >= 11 is 0. The fraction of sp³-hybridized carbons (Fsp3) is 0.714. The molecule has 0 aliphatic carbocycles. The van der Waals surface area contributed by atoms with Crippen molar-refractivity contribution in [3.8, 4) is 0 Å². The molecule has 0 fully saturated rings. The zero-order valence-electron chi connectivity index (χ0n) is 7.36. The highest BCUT2D eigenvalue weighted by molar-refractivity contribution is 5.76. The number of ketones is 1. The van der Waals surface area contributed by atoms with E-state index in [1.165, 1.54) is 6.92 Å². The minimum atomic E-state index is -1.09. The van der Waals surface area contributed by atoms with Crippen LogP contribution in [0.25, 0.3) is 0 Å². The highest BCUT2D eigenvalue weighted by Crippen LogP contribution is 1.90. The number of Topliss-reactive ketones (excluding diaryl/α,β-unsaturated/α-hetero) is 1. The zero-order valence-corrected chi connectivity index (χ0v) is 7.36. The van der Waals surface area contributed by atoms with Gasteiger partial charge in [-0.2, -0.15) is 0 Å². The molecule has 1 atom stereocenters. The number of hydrogen-bond donors (Lipinski definition) is 2. The molecule has 0 amide bonds. The molecule has 6 nitrogen and oxygen atoms in total. The second-order valence-corrected chi connectivity index (χ2v) is 2.52. The Morgan fingerprint density at radius 1 is 1.46 bits per heavy atom. The minimum Gasteiger partial charge on any atom is -0.480 e. The van der Waals surface area contributed by atoms with Crippen LogP contribution in [0, 0.1) is 0 Å². The Morgan fingerprint density at radius 3 is 2.54 bits per heavy atom. The van der Waals surface area contributed by atoms with Crippen LogP contribution in [-0.2, 0) is 19.4 Å². The van der Waals surface area contributed by atoms with Crippen molar-refractivity contribution in [1.82, 2.24) is 0 Å². The molecule has 0 aliphatic heterocycles. The molecule has 0 saturated heterocycles. The van der Waals surface area contributed by atoms with E-state index in [0.717, 1.165) is 0 Å². The first kappa shape index (κ1) is 12.0. The van der Waals surface area contributed by atoms with Crippen LogP contribution in [0.3, 0.4) is 0 Å². The van der Waals surface area contributed by atoms with Crippen molar-refractivity contribution in [1.29, 1.82) is 0 Å². The molecule has 0 unspecified atom stereocenters. The topological polar surface area (TPSA) is 98.9 Å². The second kappa shape index (κ2) is 6.53. The second-order valence-electron chi connectivity index (χ2n) is 2.52. The van der Waals surface area contributed by atoms with Gasteiger partial charge >= 0.3 is 5.97 Å². The summed E-state index contributed by atoms with van der Waals surface area (Å²) in [6.45, 7) is 1.27. The van der Waals surface area contributed by atoms with Gasteiger partial charge in [-0.15, -0.1) is 0 Å². The molecule has 0 saturated carbocycles. The summed E-state index contributed by atoms with van der Waals surface area (Å²) in [5, 5.41) is 8.35. The smallest absolute Gasteiger partial charge is 0.320 e. The van der Waals surface area contributed by atoms with E-state index in [-0.39, 0.29) is 25.4 Å². The van der Waals surface area contributed by atoms with Gasteiger partial charge in [-0.1, -0.05) is 0 Å². The Balaban J connectivity index is 3.26. The average molecular weight is 191 g/mol. The van der Waals surface area contributed by atoms with Gasteiger partial charge in [0.1, 0.15) is 12.6 Å². The molecule has 6 heteroatoms. The lowest BCUT2D eigenvalue weighted by molar-refractivity contribution is -0.289. The van der Waals surface area contributed by atoms with Crippen molar-refractivity contribution < 1.29 is 24.5 Å². The van der Waals surface area contributed by atoms with Gasteiger partial charge in [-0.3, -0.25) is 9.59 Å². The SMILES string of the molecule is CC(=O)COOCC[C@H](N)C(=O)O.